The molecule has 1 aliphatic heterocycles. The number of hydrogen-bond donors (Lipinski definition) is 1. The predicted molar refractivity (Wildman–Crippen MR) is 66.5 cm³/mol. The first-order valence-electron chi connectivity index (χ1n) is 5.89. The molecule has 2 unspecified atom stereocenters. The van der Waals surface area contributed by atoms with Crippen molar-refractivity contribution in [1.82, 2.24) is 5.32 Å². The van der Waals surface area contributed by atoms with E-state index in [-0.39, 0.29) is 18.1 Å². The molecule has 1 amide bonds. The van der Waals surface area contributed by atoms with Gasteiger partial charge in [0.1, 0.15) is 0 Å². The summed E-state index contributed by atoms with van der Waals surface area (Å²) >= 11 is 0. The van der Waals surface area contributed by atoms with Crippen LogP contribution in [0, 0.1) is 0 Å². The van der Waals surface area contributed by atoms with Crippen molar-refractivity contribution >= 4 is 5.91 Å². The van der Waals surface area contributed by atoms with Crippen LogP contribution in [0.25, 0.3) is 0 Å². The maximum absolute atomic E-state index is 11.3. The van der Waals surface area contributed by atoms with Crippen molar-refractivity contribution in [1.29, 1.82) is 0 Å². The van der Waals surface area contributed by atoms with E-state index in [0.29, 0.717) is 6.61 Å². The van der Waals surface area contributed by atoms with Crippen molar-refractivity contribution < 1.29 is 9.53 Å². The molecule has 17 heavy (non-hydrogen) atoms. The van der Waals surface area contributed by atoms with Crippen LogP contribution in [-0.4, -0.2) is 18.6 Å². The molecule has 1 N–H and O–H groups in total. The first-order chi connectivity index (χ1) is 8.29. The lowest BCUT2D eigenvalue weighted by atomic mass is 9.97. The first-order valence-corrected chi connectivity index (χ1v) is 5.89. The second-order valence-corrected chi connectivity index (χ2v) is 4.20. The first kappa shape index (κ1) is 11.9. The summed E-state index contributed by atoms with van der Waals surface area (Å²) in [5, 5.41) is 2.93. The molecule has 1 aliphatic rings. The summed E-state index contributed by atoms with van der Waals surface area (Å²) in [4.78, 5) is 11.3. The Balaban J connectivity index is 1.97. The van der Waals surface area contributed by atoms with Crippen LogP contribution in [0.4, 0.5) is 0 Å². The highest BCUT2D eigenvalue weighted by atomic mass is 16.5. The van der Waals surface area contributed by atoms with Gasteiger partial charge in [-0.25, -0.2) is 0 Å². The Hall–Kier alpha value is -1.61. The van der Waals surface area contributed by atoms with E-state index >= 15 is 0 Å². The van der Waals surface area contributed by atoms with Crippen molar-refractivity contribution in [3.8, 4) is 0 Å². The van der Waals surface area contributed by atoms with Gasteiger partial charge in [0, 0.05) is 12.6 Å². The van der Waals surface area contributed by atoms with Gasteiger partial charge in [-0.3, -0.25) is 4.79 Å². The average Bonchev–Trinajstić information content (AvgIpc) is 2.40. The Morgan fingerprint density at radius 1 is 1.41 bits per heavy atom. The third kappa shape index (κ3) is 3.17. The molecule has 2 rings (SSSR count). The third-order valence-corrected chi connectivity index (χ3v) is 2.99. The zero-order valence-electron chi connectivity index (χ0n) is 9.76. The summed E-state index contributed by atoms with van der Waals surface area (Å²) in [6.45, 7) is 4.14. The molecule has 0 radical (unpaired) electrons. The molecule has 1 fully saturated rings. The van der Waals surface area contributed by atoms with Crippen LogP contribution < -0.4 is 5.32 Å². The number of nitrogens with one attached hydrogen (secondary N) is 1. The van der Waals surface area contributed by atoms with Gasteiger partial charge in [-0.2, -0.15) is 0 Å². The van der Waals surface area contributed by atoms with E-state index in [1.165, 1.54) is 11.6 Å². The molecule has 3 heteroatoms. The van der Waals surface area contributed by atoms with Crippen molar-refractivity contribution in [3.05, 3.63) is 48.6 Å². The lowest BCUT2D eigenvalue weighted by Gasteiger charge is -2.30. The van der Waals surface area contributed by atoms with Gasteiger partial charge in [-0.15, -0.1) is 0 Å². The topological polar surface area (TPSA) is 38.3 Å². The molecule has 90 valence electrons. The SMILES string of the molecule is C=CC(=O)NC1CCOC(c2ccccc2)C1. The number of hydrogen-bond acceptors (Lipinski definition) is 2. The fourth-order valence-electron chi connectivity index (χ4n) is 2.09. The summed E-state index contributed by atoms with van der Waals surface area (Å²) in [6, 6.07) is 10.3. The zero-order chi connectivity index (χ0) is 12.1. The molecule has 2 atom stereocenters. The van der Waals surface area contributed by atoms with Crippen LogP contribution in [0.3, 0.4) is 0 Å². The number of benzene rings is 1. The van der Waals surface area contributed by atoms with E-state index in [0.717, 1.165) is 12.8 Å². The lowest BCUT2D eigenvalue weighted by molar-refractivity contribution is -0.118. The summed E-state index contributed by atoms with van der Waals surface area (Å²) in [5.41, 5.74) is 1.17. The van der Waals surface area contributed by atoms with E-state index in [1.807, 2.05) is 18.2 Å². The van der Waals surface area contributed by atoms with Gasteiger partial charge >= 0.3 is 0 Å². The van der Waals surface area contributed by atoms with Gasteiger partial charge in [-0.1, -0.05) is 36.9 Å². The van der Waals surface area contributed by atoms with Crippen LogP contribution in [-0.2, 0) is 9.53 Å². The maximum Gasteiger partial charge on any atom is 0.243 e. The second kappa shape index (κ2) is 5.64. The second-order valence-electron chi connectivity index (χ2n) is 4.20. The van der Waals surface area contributed by atoms with Gasteiger partial charge in [0.2, 0.25) is 5.91 Å². The Bertz CT molecular complexity index is 388. The molecular weight excluding hydrogens is 214 g/mol. The minimum absolute atomic E-state index is 0.0834. The number of amides is 1. The van der Waals surface area contributed by atoms with Gasteiger partial charge < -0.3 is 10.1 Å². The summed E-state index contributed by atoms with van der Waals surface area (Å²) in [5.74, 6) is -0.108. The Kier molecular flexibility index (Phi) is 3.94. The van der Waals surface area contributed by atoms with Crippen LogP contribution in [0.15, 0.2) is 43.0 Å². The third-order valence-electron chi connectivity index (χ3n) is 2.99. The molecule has 0 spiro atoms. The van der Waals surface area contributed by atoms with E-state index in [1.54, 1.807) is 0 Å². The normalized spacial score (nSPS) is 24.0. The molecule has 3 nitrogen and oxygen atoms in total. The van der Waals surface area contributed by atoms with Gasteiger partial charge in [0.25, 0.3) is 0 Å². The standard InChI is InChI=1S/C14H17NO2/c1-2-14(16)15-12-8-9-17-13(10-12)11-6-4-3-5-7-11/h2-7,12-13H,1,8-10H2,(H,15,16). The van der Waals surface area contributed by atoms with E-state index in [9.17, 15) is 4.79 Å². The van der Waals surface area contributed by atoms with Crippen molar-refractivity contribution in [2.45, 2.75) is 25.0 Å². The van der Waals surface area contributed by atoms with Crippen molar-refractivity contribution in [2.24, 2.45) is 0 Å². The molecule has 1 saturated heterocycles. The number of carbonyl (C=O) groups excluding carboxylic acids is 1. The highest BCUT2D eigenvalue weighted by Crippen LogP contribution is 2.27. The van der Waals surface area contributed by atoms with Crippen LogP contribution in [0.5, 0.6) is 0 Å². The number of carbonyl (C=O) groups is 1. The van der Waals surface area contributed by atoms with Crippen LogP contribution >= 0.6 is 0 Å². The quantitative estimate of drug-likeness (QED) is 0.810. The summed E-state index contributed by atoms with van der Waals surface area (Å²) < 4.78 is 5.73. The van der Waals surface area contributed by atoms with E-state index in [4.69, 9.17) is 4.74 Å². The number of ether oxygens (including phenoxy) is 1. The Labute approximate surface area is 101 Å². The Morgan fingerprint density at radius 2 is 2.18 bits per heavy atom. The summed E-state index contributed by atoms with van der Waals surface area (Å²) in [6.07, 6.45) is 3.08. The van der Waals surface area contributed by atoms with Crippen LogP contribution in [0.1, 0.15) is 24.5 Å². The molecule has 1 aromatic rings. The lowest BCUT2D eigenvalue weighted by Crippen LogP contribution is -2.38. The number of rotatable bonds is 3. The minimum atomic E-state index is -0.108. The monoisotopic (exact) mass is 231 g/mol. The van der Waals surface area contributed by atoms with Gasteiger partial charge in [0.05, 0.1) is 6.10 Å². The van der Waals surface area contributed by atoms with Crippen molar-refractivity contribution in [3.63, 3.8) is 0 Å². The minimum Gasteiger partial charge on any atom is -0.373 e. The zero-order valence-corrected chi connectivity index (χ0v) is 9.76. The summed E-state index contributed by atoms with van der Waals surface area (Å²) in [7, 11) is 0. The molecule has 0 aromatic heterocycles. The fraction of sp³-hybridized carbons (Fsp3) is 0.357. The average molecular weight is 231 g/mol. The van der Waals surface area contributed by atoms with Gasteiger partial charge in [0.15, 0.2) is 0 Å². The van der Waals surface area contributed by atoms with Gasteiger partial charge in [-0.05, 0) is 24.5 Å². The molecule has 0 saturated carbocycles. The van der Waals surface area contributed by atoms with Crippen molar-refractivity contribution in [2.75, 3.05) is 6.61 Å². The van der Waals surface area contributed by atoms with Crippen LogP contribution in [0.2, 0.25) is 0 Å². The maximum atomic E-state index is 11.3. The van der Waals surface area contributed by atoms with E-state index < -0.39 is 0 Å². The fourth-order valence-corrected chi connectivity index (χ4v) is 2.09. The largest absolute Gasteiger partial charge is 0.373 e. The molecule has 1 heterocycles. The Morgan fingerprint density at radius 3 is 2.88 bits per heavy atom. The predicted octanol–water partition coefficient (Wildman–Crippen LogP) is 2.21. The highest BCUT2D eigenvalue weighted by molar-refractivity contribution is 5.87. The molecule has 1 aromatic carbocycles. The molecular formula is C14H17NO2. The van der Waals surface area contributed by atoms with E-state index in [2.05, 4.69) is 24.0 Å². The highest BCUT2D eigenvalue weighted by Gasteiger charge is 2.24. The smallest absolute Gasteiger partial charge is 0.243 e. The molecule has 0 bridgehead atoms. The molecule has 0 aliphatic carbocycles.